The first-order valence-corrected chi connectivity index (χ1v) is 9.02. The van der Waals surface area contributed by atoms with Crippen molar-refractivity contribution < 1.29 is 0 Å². The van der Waals surface area contributed by atoms with Gasteiger partial charge in [0.1, 0.15) is 5.65 Å². The van der Waals surface area contributed by atoms with E-state index in [1.165, 1.54) is 11.3 Å². The molecule has 3 aromatic heterocycles. The molecule has 0 fully saturated rings. The van der Waals surface area contributed by atoms with Crippen LogP contribution in [0.25, 0.3) is 21.6 Å². The van der Waals surface area contributed by atoms with Crippen LogP contribution in [0.2, 0.25) is 0 Å². The zero-order valence-electron chi connectivity index (χ0n) is 12.9. The first kappa shape index (κ1) is 15.9. The summed E-state index contributed by atoms with van der Waals surface area (Å²) in [5.41, 5.74) is 2.14. The lowest BCUT2D eigenvalue weighted by Gasteiger charge is -2.09. The Morgan fingerprint density at radius 1 is 1.39 bits per heavy atom. The van der Waals surface area contributed by atoms with Gasteiger partial charge in [-0.3, -0.25) is 4.79 Å². The molecule has 0 saturated carbocycles. The third kappa shape index (κ3) is 3.07. The third-order valence-electron chi connectivity index (χ3n) is 3.36. The molecule has 3 aromatic rings. The molecule has 0 spiro atoms. The summed E-state index contributed by atoms with van der Waals surface area (Å²) in [5.74, 6) is 0.773. The maximum atomic E-state index is 12.8. The maximum Gasteiger partial charge on any atom is 0.201 e. The summed E-state index contributed by atoms with van der Waals surface area (Å²) in [6.07, 6.45) is 3.65. The topological polar surface area (TPSA) is 60.7 Å². The quantitative estimate of drug-likeness (QED) is 0.523. The van der Waals surface area contributed by atoms with Crippen molar-refractivity contribution in [1.82, 2.24) is 19.7 Å². The van der Waals surface area contributed by atoms with Crippen LogP contribution in [0.5, 0.6) is 0 Å². The molecule has 0 amide bonds. The summed E-state index contributed by atoms with van der Waals surface area (Å²) in [4.78, 5) is 17.3. The van der Waals surface area contributed by atoms with Gasteiger partial charge in [-0.1, -0.05) is 29.2 Å². The number of hydrogen-bond donors (Lipinski definition) is 0. The third-order valence-corrected chi connectivity index (χ3v) is 5.45. The Balaban J connectivity index is 2.16. The monoisotopic (exact) mass is 344 g/mol. The van der Waals surface area contributed by atoms with Gasteiger partial charge in [-0.2, -0.15) is 0 Å². The van der Waals surface area contributed by atoms with Crippen LogP contribution in [-0.4, -0.2) is 25.5 Å². The van der Waals surface area contributed by atoms with E-state index >= 15 is 0 Å². The van der Waals surface area contributed by atoms with E-state index in [4.69, 9.17) is 0 Å². The molecule has 0 N–H and O–H groups in total. The second kappa shape index (κ2) is 6.64. The van der Waals surface area contributed by atoms with Crippen molar-refractivity contribution in [3.8, 4) is 10.6 Å². The number of aromatic nitrogens is 4. The van der Waals surface area contributed by atoms with Crippen LogP contribution in [0.4, 0.5) is 0 Å². The average molecular weight is 344 g/mol. The summed E-state index contributed by atoms with van der Waals surface area (Å²) in [6, 6.07) is 3.70. The summed E-state index contributed by atoms with van der Waals surface area (Å²) in [6.45, 7) is 8.38. The van der Waals surface area contributed by atoms with Crippen molar-refractivity contribution in [2.24, 2.45) is 0 Å². The normalized spacial score (nSPS) is 11.0. The summed E-state index contributed by atoms with van der Waals surface area (Å²) in [5, 5.41) is 9.58. The lowest BCUT2D eigenvalue weighted by molar-refractivity contribution is 0.776. The van der Waals surface area contributed by atoms with E-state index in [0.717, 1.165) is 22.3 Å². The number of fused-ring (bicyclic) bond motifs is 1. The molecule has 0 aliphatic rings. The Bertz CT molecular complexity index is 929. The molecule has 0 radical (unpaired) electrons. The van der Waals surface area contributed by atoms with Crippen LogP contribution in [-0.2, 0) is 6.54 Å². The fourth-order valence-corrected chi connectivity index (χ4v) is 3.88. The molecule has 0 aliphatic heterocycles. The number of thioether (sulfide) groups is 1. The zero-order valence-corrected chi connectivity index (χ0v) is 14.6. The molecule has 3 rings (SSSR count). The highest BCUT2D eigenvalue weighted by Crippen LogP contribution is 2.28. The van der Waals surface area contributed by atoms with Gasteiger partial charge in [-0.05, 0) is 26.0 Å². The van der Waals surface area contributed by atoms with Gasteiger partial charge in [-0.25, -0.2) is 4.98 Å². The largest absolute Gasteiger partial charge is 0.332 e. The van der Waals surface area contributed by atoms with Crippen LogP contribution in [0.15, 0.2) is 40.1 Å². The fraction of sp³-hybridized carbons (Fsp3) is 0.250. The van der Waals surface area contributed by atoms with Gasteiger partial charge in [0, 0.05) is 24.2 Å². The van der Waals surface area contributed by atoms with E-state index < -0.39 is 0 Å². The van der Waals surface area contributed by atoms with Crippen LogP contribution < -0.4 is 5.43 Å². The summed E-state index contributed by atoms with van der Waals surface area (Å²) in [7, 11) is 0. The predicted molar refractivity (Wildman–Crippen MR) is 96.2 cm³/mol. The number of rotatable bonds is 5. The molecule has 0 aliphatic carbocycles. The highest BCUT2D eigenvalue weighted by Gasteiger charge is 2.15. The van der Waals surface area contributed by atoms with E-state index in [0.29, 0.717) is 21.6 Å². The first-order chi connectivity index (χ1) is 11.1. The Labute approximate surface area is 142 Å². The standard InChI is InChI=1S/C16H16N4OS2/c1-4-8-22-16-19-18-15(23-16)12-9-20(5-2)14-11(13(12)21)7-6-10(3)17-14/h4,6-7,9H,1,5,8H2,2-3H3. The van der Waals surface area contributed by atoms with Gasteiger partial charge in [-0.15, -0.1) is 16.8 Å². The van der Waals surface area contributed by atoms with E-state index in [9.17, 15) is 4.79 Å². The predicted octanol–water partition coefficient (Wildman–Crippen LogP) is 3.52. The molecule has 7 heteroatoms. The first-order valence-electron chi connectivity index (χ1n) is 7.22. The highest BCUT2D eigenvalue weighted by molar-refractivity contribution is 8.01. The van der Waals surface area contributed by atoms with Crippen LogP contribution in [0.1, 0.15) is 12.6 Å². The second-order valence-corrected chi connectivity index (χ2v) is 7.20. The molecule has 0 saturated heterocycles. The van der Waals surface area contributed by atoms with Crippen molar-refractivity contribution in [1.29, 1.82) is 0 Å². The van der Waals surface area contributed by atoms with Crippen molar-refractivity contribution in [2.45, 2.75) is 24.7 Å². The van der Waals surface area contributed by atoms with Crippen molar-refractivity contribution in [3.63, 3.8) is 0 Å². The molecule has 5 nitrogen and oxygen atoms in total. The van der Waals surface area contributed by atoms with E-state index in [2.05, 4.69) is 21.8 Å². The molecule has 0 bridgehead atoms. The molecular formula is C16H16N4OS2. The smallest absolute Gasteiger partial charge is 0.201 e. The SMILES string of the molecule is C=CCSc1nnc(-c2cn(CC)c3nc(C)ccc3c2=O)s1. The van der Waals surface area contributed by atoms with Gasteiger partial charge in [0.15, 0.2) is 9.35 Å². The second-order valence-electron chi connectivity index (χ2n) is 4.95. The summed E-state index contributed by atoms with van der Waals surface area (Å²) < 4.78 is 2.82. The van der Waals surface area contributed by atoms with Crippen molar-refractivity contribution >= 4 is 34.1 Å². The highest BCUT2D eigenvalue weighted by atomic mass is 32.2. The van der Waals surface area contributed by atoms with Gasteiger partial charge in [0.2, 0.25) is 5.43 Å². The fourth-order valence-electron chi connectivity index (χ4n) is 2.26. The number of aryl methyl sites for hydroxylation is 2. The molecule has 23 heavy (non-hydrogen) atoms. The van der Waals surface area contributed by atoms with Gasteiger partial charge >= 0.3 is 0 Å². The average Bonchev–Trinajstić information content (AvgIpc) is 3.02. The molecule has 3 heterocycles. The van der Waals surface area contributed by atoms with E-state index in [-0.39, 0.29) is 5.43 Å². The summed E-state index contributed by atoms with van der Waals surface area (Å²) >= 11 is 2.99. The van der Waals surface area contributed by atoms with E-state index in [1.807, 2.05) is 42.8 Å². The van der Waals surface area contributed by atoms with Gasteiger partial charge in [0.25, 0.3) is 0 Å². The van der Waals surface area contributed by atoms with Crippen molar-refractivity contribution in [2.75, 3.05) is 5.75 Å². The Morgan fingerprint density at radius 2 is 2.22 bits per heavy atom. The zero-order chi connectivity index (χ0) is 16.4. The minimum Gasteiger partial charge on any atom is -0.332 e. The van der Waals surface area contributed by atoms with E-state index in [1.54, 1.807) is 11.8 Å². The minimum absolute atomic E-state index is 0.0476. The Morgan fingerprint density at radius 3 is 2.96 bits per heavy atom. The molecule has 118 valence electrons. The number of pyridine rings is 2. The lowest BCUT2D eigenvalue weighted by atomic mass is 10.2. The van der Waals surface area contributed by atoms with Gasteiger partial charge < -0.3 is 4.57 Å². The Hall–Kier alpha value is -1.99. The number of hydrogen-bond acceptors (Lipinski definition) is 6. The van der Waals surface area contributed by atoms with Crippen LogP contribution in [0, 0.1) is 6.92 Å². The minimum atomic E-state index is -0.0476. The number of nitrogens with zero attached hydrogens (tertiary/aromatic N) is 4. The molecule has 0 aromatic carbocycles. The molecule has 0 unspecified atom stereocenters. The van der Waals surface area contributed by atoms with Crippen molar-refractivity contribution in [3.05, 3.63) is 46.9 Å². The lowest BCUT2D eigenvalue weighted by Crippen LogP contribution is -2.13. The maximum absolute atomic E-state index is 12.8. The molecule has 0 atom stereocenters. The van der Waals surface area contributed by atoms with Gasteiger partial charge in [0.05, 0.1) is 10.9 Å². The van der Waals surface area contributed by atoms with Crippen LogP contribution in [0.3, 0.4) is 0 Å². The Kier molecular flexibility index (Phi) is 4.58. The molecular weight excluding hydrogens is 328 g/mol. The van der Waals surface area contributed by atoms with Crippen LogP contribution >= 0.6 is 23.1 Å².